The summed E-state index contributed by atoms with van der Waals surface area (Å²) in [6.45, 7) is 5.40. The van der Waals surface area contributed by atoms with E-state index in [-0.39, 0.29) is 0 Å². The summed E-state index contributed by atoms with van der Waals surface area (Å²) in [6.07, 6.45) is 2.59. The Kier molecular flexibility index (Phi) is 6.40. The minimum Gasteiger partial charge on any atom is -0.493 e. The molecular formula is C20H23N5O2. The summed E-state index contributed by atoms with van der Waals surface area (Å²) in [5, 5.41) is 14.7. The Morgan fingerprint density at radius 3 is 2.74 bits per heavy atom. The zero-order chi connectivity index (χ0) is 18.9. The van der Waals surface area contributed by atoms with Crippen molar-refractivity contribution in [1.82, 2.24) is 20.2 Å². The number of rotatable bonds is 10. The van der Waals surface area contributed by atoms with Gasteiger partial charge in [-0.15, -0.1) is 6.58 Å². The molecule has 1 N–H and O–H groups in total. The maximum Gasteiger partial charge on any atom is 0.243 e. The Hall–Kier alpha value is -3.35. The predicted molar refractivity (Wildman–Crippen MR) is 104 cm³/mol. The van der Waals surface area contributed by atoms with Gasteiger partial charge in [0.2, 0.25) is 5.95 Å². The van der Waals surface area contributed by atoms with Crippen molar-refractivity contribution in [3.63, 3.8) is 0 Å². The molecule has 0 aliphatic rings. The lowest BCUT2D eigenvalue weighted by Gasteiger charge is -2.13. The first kappa shape index (κ1) is 18.4. The number of nitrogens with zero attached hydrogens (tertiary/aromatic N) is 4. The molecular weight excluding hydrogens is 342 g/mol. The van der Waals surface area contributed by atoms with Crippen LogP contribution in [0.2, 0.25) is 0 Å². The zero-order valence-corrected chi connectivity index (χ0v) is 15.3. The molecule has 3 rings (SSSR count). The average Bonchev–Trinajstić information content (AvgIpc) is 3.15. The number of hydrogen-bond donors (Lipinski definition) is 1. The molecule has 2 aromatic carbocycles. The molecule has 0 amide bonds. The largest absolute Gasteiger partial charge is 0.493 e. The van der Waals surface area contributed by atoms with Crippen LogP contribution < -0.4 is 14.8 Å². The number of tetrazole rings is 1. The van der Waals surface area contributed by atoms with Gasteiger partial charge in [-0.2, -0.15) is 0 Å². The first-order valence-electron chi connectivity index (χ1n) is 8.74. The molecule has 0 bridgehead atoms. The molecule has 0 unspecified atom stereocenters. The molecule has 0 spiro atoms. The summed E-state index contributed by atoms with van der Waals surface area (Å²) >= 11 is 0. The molecule has 0 fully saturated rings. The van der Waals surface area contributed by atoms with Gasteiger partial charge in [-0.1, -0.05) is 47.6 Å². The van der Waals surface area contributed by atoms with Crippen LogP contribution in [0.15, 0.2) is 61.2 Å². The maximum absolute atomic E-state index is 5.90. The van der Waals surface area contributed by atoms with Gasteiger partial charge in [-0.3, -0.25) is 0 Å². The van der Waals surface area contributed by atoms with Crippen LogP contribution in [-0.4, -0.2) is 33.9 Å². The lowest BCUT2D eigenvalue weighted by atomic mass is 10.1. The molecule has 1 heterocycles. The first-order chi connectivity index (χ1) is 13.3. The first-order valence-corrected chi connectivity index (χ1v) is 8.74. The highest BCUT2D eigenvalue weighted by Gasteiger charge is 2.08. The standard InChI is InChI=1S/C20H23N5O2/c1-3-12-25-20(22-23-24-25)21-15-17-9-10-18(19(14-17)26-2)27-13-11-16-7-5-4-6-8-16/h3-10,14H,1,11-13,15H2,2H3,(H,21,22,24). The summed E-state index contributed by atoms with van der Waals surface area (Å²) in [6, 6.07) is 16.1. The molecule has 27 heavy (non-hydrogen) atoms. The smallest absolute Gasteiger partial charge is 0.243 e. The Morgan fingerprint density at radius 1 is 1.11 bits per heavy atom. The molecule has 0 saturated heterocycles. The van der Waals surface area contributed by atoms with E-state index >= 15 is 0 Å². The van der Waals surface area contributed by atoms with Crippen LogP contribution in [0, 0.1) is 0 Å². The predicted octanol–water partition coefficient (Wildman–Crippen LogP) is 3.10. The Bertz CT molecular complexity index is 864. The van der Waals surface area contributed by atoms with Gasteiger partial charge in [-0.05, 0) is 33.7 Å². The second kappa shape index (κ2) is 9.38. The second-order valence-corrected chi connectivity index (χ2v) is 5.90. The fourth-order valence-corrected chi connectivity index (χ4v) is 2.62. The second-order valence-electron chi connectivity index (χ2n) is 5.90. The van der Waals surface area contributed by atoms with Crippen molar-refractivity contribution in [1.29, 1.82) is 0 Å². The number of nitrogens with one attached hydrogen (secondary N) is 1. The fourth-order valence-electron chi connectivity index (χ4n) is 2.62. The summed E-state index contributed by atoms with van der Waals surface area (Å²) in [4.78, 5) is 0. The number of allylic oxidation sites excluding steroid dienone is 1. The molecule has 0 radical (unpaired) electrons. The lowest BCUT2D eigenvalue weighted by Crippen LogP contribution is -2.08. The average molecular weight is 365 g/mol. The maximum atomic E-state index is 5.90. The van der Waals surface area contributed by atoms with Gasteiger partial charge in [0.15, 0.2) is 11.5 Å². The molecule has 0 atom stereocenters. The highest BCUT2D eigenvalue weighted by atomic mass is 16.5. The number of ether oxygens (including phenoxy) is 2. The van der Waals surface area contributed by atoms with E-state index in [4.69, 9.17) is 9.47 Å². The normalized spacial score (nSPS) is 10.4. The van der Waals surface area contributed by atoms with Gasteiger partial charge in [0, 0.05) is 13.0 Å². The fraction of sp³-hybridized carbons (Fsp3) is 0.250. The minimum absolute atomic E-state index is 0.548. The van der Waals surface area contributed by atoms with Crippen LogP contribution in [0.5, 0.6) is 11.5 Å². The van der Waals surface area contributed by atoms with Crippen molar-refractivity contribution in [3.05, 3.63) is 72.3 Å². The monoisotopic (exact) mass is 365 g/mol. The van der Waals surface area contributed by atoms with Crippen molar-refractivity contribution in [2.24, 2.45) is 0 Å². The number of anilines is 1. The van der Waals surface area contributed by atoms with Crippen LogP contribution in [0.25, 0.3) is 0 Å². The van der Waals surface area contributed by atoms with E-state index < -0.39 is 0 Å². The van der Waals surface area contributed by atoms with Crippen molar-refractivity contribution in [2.75, 3.05) is 19.0 Å². The van der Waals surface area contributed by atoms with Crippen molar-refractivity contribution < 1.29 is 9.47 Å². The topological polar surface area (TPSA) is 74.1 Å². The van der Waals surface area contributed by atoms with Gasteiger partial charge in [0.25, 0.3) is 0 Å². The lowest BCUT2D eigenvalue weighted by molar-refractivity contribution is 0.297. The Morgan fingerprint density at radius 2 is 1.96 bits per heavy atom. The third-order valence-corrected chi connectivity index (χ3v) is 4.00. The van der Waals surface area contributed by atoms with E-state index in [1.807, 2.05) is 36.4 Å². The summed E-state index contributed by atoms with van der Waals surface area (Å²) in [5.74, 6) is 2.03. The summed E-state index contributed by atoms with van der Waals surface area (Å²) < 4.78 is 13.0. The van der Waals surface area contributed by atoms with E-state index in [9.17, 15) is 0 Å². The molecule has 7 heteroatoms. The highest BCUT2D eigenvalue weighted by molar-refractivity contribution is 5.44. The summed E-state index contributed by atoms with van der Waals surface area (Å²) in [5.41, 5.74) is 2.28. The third kappa shape index (κ3) is 5.07. The van der Waals surface area contributed by atoms with E-state index in [0.717, 1.165) is 17.7 Å². The van der Waals surface area contributed by atoms with Crippen LogP contribution in [0.4, 0.5) is 5.95 Å². The third-order valence-electron chi connectivity index (χ3n) is 4.00. The number of benzene rings is 2. The van der Waals surface area contributed by atoms with Crippen molar-refractivity contribution >= 4 is 5.95 Å². The summed E-state index contributed by atoms with van der Waals surface area (Å²) in [7, 11) is 1.64. The van der Waals surface area contributed by atoms with E-state index in [2.05, 4.69) is 39.6 Å². The number of aromatic nitrogens is 4. The van der Waals surface area contributed by atoms with E-state index in [1.165, 1.54) is 5.56 Å². The van der Waals surface area contributed by atoms with Gasteiger partial charge in [0.05, 0.1) is 20.3 Å². The Balaban J connectivity index is 1.58. The molecule has 3 aromatic rings. The molecule has 0 aliphatic heterocycles. The molecule has 140 valence electrons. The van der Waals surface area contributed by atoms with E-state index in [0.29, 0.717) is 31.4 Å². The Labute approximate surface area is 158 Å². The van der Waals surface area contributed by atoms with Crippen LogP contribution in [-0.2, 0) is 19.5 Å². The molecule has 1 aromatic heterocycles. The van der Waals surface area contributed by atoms with Gasteiger partial charge in [-0.25, -0.2) is 4.68 Å². The van der Waals surface area contributed by atoms with Crippen LogP contribution in [0.1, 0.15) is 11.1 Å². The van der Waals surface area contributed by atoms with Gasteiger partial charge in [0.1, 0.15) is 0 Å². The van der Waals surface area contributed by atoms with Gasteiger partial charge < -0.3 is 14.8 Å². The number of hydrogen-bond acceptors (Lipinski definition) is 6. The van der Waals surface area contributed by atoms with Crippen molar-refractivity contribution in [3.8, 4) is 11.5 Å². The quantitative estimate of drug-likeness (QED) is 0.557. The van der Waals surface area contributed by atoms with Crippen molar-refractivity contribution in [2.45, 2.75) is 19.5 Å². The molecule has 0 saturated carbocycles. The SMILES string of the molecule is C=CCn1nnnc1NCc1ccc(OCCc2ccccc2)c(OC)c1. The van der Waals surface area contributed by atoms with Gasteiger partial charge >= 0.3 is 0 Å². The zero-order valence-electron chi connectivity index (χ0n) is 15.3. The minimum atomic E-state index is 0.548. The van der Waals surface area contributed by atoms with Crippen LogP contribution >= 0.6 is 0 Å². The number of methoxy groups -OCH3 is 1. The van der Waals surface area contributed by atoms with Crippen LogP contribution in [0.3, 0.4) is 0 Å². The molecule has 7 nitrogen and oxygen atoms in total. The van der Waals surface area contributed by atoms with E-state index in [1.54, 1.807) is 17.9 Å². The highest BCUT2D eigenvalue weighted by Crippen LogP contribution is 2.28. The molecule has 0 aliphatic carbocycles.